The Morgan fingerprint density at radius 3 is 2.80 bits per heavy atom. The molecule has 0 aliphatic carbocycles. The monoisotopic (exact) mass is 204 g/mol. The van der Waals surface area contributed by atoms with Crippen molar-refractivity contribution in [3.63, 3.8) is 0 Å². The average molecular weight is 204 g/mol. The molecular formula is C10H8N2O3. The summed E-state index contributed by atoms with van der Waals surface area (Å²) < 4.78 is 5.02. The highest BCUT2D eigenvalue weighted by Crippen LogP contribution is 2.18. The van der Waals surface area contributed by atoms with E-state index in [4.69, 9.17) is 9.84 Å². The summed E-state index contributed by atoms with van der Waals surface area (Å²) in [5.41, 5.74) is 0.548. The molecule has 5 nitrogen and oxygen atoms in total. The summed E-state index contributed by atoms with van der Waals surface area (Å²) in [4.78, 5) is 10.6. The molecule has 0 radical (unpaired) electrons. The first kappa shape index (κ1) is 9.39. The summed E-state index contributed by atoms with van der Waals surface area (Å²) in [5.74, 6) is -0.417. The van der Waals surface area contributed by atoms with E-state index in [2.05, 4.69) is 10.2 Å². The van der Waals surface area contributed by atoms with Gasteiger partial charge in [-0.15, -0.1) is 10.2 Å². The zero-order valence-electron chi connectivity index (χ0n) is 7.97. The topological polar surface area (TPSA) is 72.3 Å². The summed E-state index contributed by atoms with van der Waals surface area (Å²) in [6, 6.07) is 6.67. The van der Waals surface area contributed by atoms with E-state index >= 15 is 0 Å². The number of aromatic nitrogens is 2. The molecule has 15 heavy (non-hydrogen) atoms. The van der Waals surface area contributed by atoms with Gasteiger partial charge in [-0.3, -0.25) is 0 Å². The first-order valence-corrected chi connectivity index (χ1v) is 4.25. The van der Waals surface area contributed by atoms with E-state index in [9.17, 15) is 4.79 Å². The first-order chi connectivity index (χ1) is 7.20. The third kappa shape index (κ3) is 1.71. The predicted octanol–water partition coefficient (Wildman–Crippen LogP) is 1.34. The summed E-state index contributed by atoms with van der Waals surface area (Å²) >= 11 is 0. The second-order valence-corrected chi connectivity index (χ2v) is 2.96. The molecule has 1 heterocycles. The Morgan fingerprint density at radius 1 is 1.33 bits per heavy atom. The van der Waals surface area contributed by atoms with Gasteiger partial charge >= 0.3 is 5.97 Å². The Kier molecular flexibility index (Phi) is 2.21. The van der Waals surface area contributed by atoms with Gasteiger partial charge < -0.3 is 9.84 Å². The van der Waals surface area contributed by atoms with Gasteiger partial charge in [-0.25, -0.2) is 4.79 Å². The van der Waals surface area contributed by atoms with E-state index in [1.165, 1.54) is 6.07 Å². The molecule has 1 N–H and O–H groups in total. The number of carboxylic acids is 1. The van der Waals surface area contributed by atoms with Crippen LogP contribution in [0.4, 0.5) is 0 Å². The van der Waals surface area contributed by atoms with E-state index in [-0.39, 0.29) is 5.69 Å². The van der Waals surface area contributed by atoms with Crippen LogP contribution in [-0.2, 0) is 0 Å². The molecule has 2 rings (SSSR count). The summed E-state index contributed by atoms with van der Waals surface area (Å²) in [5, 5.41) is 16.8. The molecule has 0 spiro atoms. The van der Waals surface area contributed by atoms with Crippen LogP contribution in [0.2, 0.25) is 0 Å². The second-order valence-electron chi connectivity index (χ2n) is 2.96. The molecule has 0 unspecified atom stereocenters. The molecule has 5 heteroatoms. The van der Waals surface area contributed by atoms with Crippen molar-refractivity contribution >= 4 is 16.9 Å². The number of benzene rings is 1. The van der Waals surface area contributed by atoms with Gasteiger partial charge in [0.15, 0.2) is 5.69 Å². The number of hydrogen-bond donors (Lipinski definition) is 1. The highest BCUT2D eigenvalue weighted by atomic mass is 16.5. The van der Waals surface area contributed by atoms with Crippen LogP contribution >= 0.6 is 0 Å². The number of hydrogen-bond acceptors (Lipinski definition) is 4. The van der Waals surface area contributed by atoms with Gasteiger partial charge in [0.1, 0.15) is 5.75 Å². The Labute approximate surface area is 85.3 Å². The fourth-order valence-corrected chi connectivity index (χ4v) is 1.25. The van der Waals surface area contributed by atoms with Gasteiger partial charge in [0.25, 0.3) is 0 Å². The molecule has 76 valence electrons. The SMILES string of the molecule is COc1ccc2cc(C(=O)O)nnc2c1. The average Bonchev–Trinajstić information content (AvgIpc) is 2.27. The Bertz CT molecular complexity index is 525. The normalized spacial score (nSPS) is 10.2. The van der Waals surface area contributed by atoms with Gasteiger partial charge in [-0.1, -0.05) is 0 Å². The highest BCUT2D eigenvalue weighted by Gasteiger charge is 2.06. The van der Waals surface area contributed by atoms with Gasteiger partial charge in [0.05, 0.1) is 12.6 Å². The second kappa shape index (κ2) is 3.53. The molecule has 0 saturated carbocycles. The predicted molar refractivity (Wildman–Crippen MR) is 53.0 cm³/mol. The highest BCUT2D eigenvalue weighted by molar-refractivity contribution is 5.90. The Balaban J connectivity index is 2.59. The van der Waals surface area contributed by atoms with Crippen molar-refractivity contribution in [1.29, 1.82) is 0 Å². The van der Waals surface area contributed by atoms with Crippen molar-refractivity contribution in [2.75, 3.05) is 7.11 Å². The van der Waals surface area contributed by atoms with E-state index in [0.717, 1.165) is 5.39 Å². The smallest absolute Gasteiger partial charge is 0.356 e. The molecule has 0 atom stereocenters. The quantitative estimate of drug-likeness (QED) is 0.799. The molecule has 0 saturated heterocycles. The van der Waals surface area contributed by atoms with Crippen LogP contribution in [0.25, 0.3) is 10.9 Å². The molecular weight excluding hydrogens is 196 g/mol. The molecule has 0 amide bonds. The molecule has 0 fully saturated rings. The number of nitrogens with zero attached hydrogens (tertiary/aromatic N) is 2. The number of rotatable bonds is 2. The number of fused-ring (bicyclic) bond motifs is 1. The van der Waals surface area contributed by atoms with Crippen molar-refractivity contribution in [1.82, 2.24) is 10.2 Å². The lowest BCUT2D eigenvalue weighted by Crippen LogP contribution is -2.01. The number of carboxylic acid groups (broad SMARTS) is 1. The number of methoxy groups -OCH3 is 1. The molecule has 0 aliphatic heterocycles. The maximum absolute atomic E-state index is 10.6. The fraction of sp³-hybridized carbons (Fsp3) is 0.100. The van der Waals surface area contributed by atoms with Crippen molar-refractivity contribution < 1.29 is 14.6 Å². The minimum Gasteiger partial charge on any atom is -0.497 e. The van der Waals surface area contributed by atoms with Crippen molar-refractivity contribution in [2.24, 2.45) is 0 Å². The lowest BCUT2D eigenvalue weighted by atomic mass is 10.2. The lowest BCUT2D eigenvalue weighted by Gasteiger charge is -2.01. The van der Waals surface area contributed by atoms with Crippen LogP contribution in [0.3, 0.4) is 0 Å². The van der Waals surface area contributed by atoms with Gasteiger partial charge in [0, 0.05) is 11.5 Å². The van der Waals surface area contributed by atoms with Crippen LogP contribution in [0.5, 0.6) is 5.75 Å². The van der Waals surface area contributed by atoms with Gasteiger partial charge in [-0.2, -0.15) is 0 Å². The maximum atomic E-state index is 10.6. The molecule has 1 aromatic carbocycles. The van der Waals surface area contributed by atoms with Crippen LogP contribution in [0.15, 0.2) is 24.3 Å². The van der Waals surface area contributed by atoms with E-state index in [0.29, 0.717) is 11.3 Å². The summed E-state index contributed by atoms with van der Waals surface area (Å²) in [7, 11) is 1.56. The Morgan fingerprint density at radius 2 is 2.13 bits per heavy atom. The summed E-state index contributed by atoms with van der Waals surface area (Å²) in [6.07, 6.45) is 0. The summed E-state index contributed by atoms with van der Waals surface area (Å²) in [6.45, 7) is 0. The van der Waals surface area contributed by atoms with Crippen LogP contribution in [0.1, 0.15) is 10.5 Å². The zero-order valence-corrected chi connectivity index (χ0v) is 7.97. The van der Waals surface area contributed by atoms with Crippen molar-refractivity contribution in [3.8, 4) is 5.75 Å². The number of aromatic carboxylic acids is 1. The van der Waals surface area contributed by atoms with Crippen LogP contribution in [-0.4, -0.2) is 28.4 Å². The minimum atomic E-state index is -1.08. The largest absolute Gasteiger partial charge is 0.497 e. The standard InChI is InChI=1S/C10H8N2O3/c1-15-7-3-2-6-4-9(10(13)14)12-11-8(6)5-7/h2-5H,1H3,(H,13,14). The van der Waals surface area contributed by atoms with Crippen LogP contribution in [0, 0.1) is 0 Å². The van der Waals surface area contributed by atoms with E-state index < -0.39 is 5.97 Å². The van der Waals surface area contributed by atoms with Crippen LogP contribution < -0.4 is 4.74 Å². The van der Waals surface area contributed by atoms with Crippen molar-refractivity contribution in [2.45, 2.75) is 0 Å². The molecule has 0 aliphatic rings. The lowest BCUT2D eigenvalue weighted by molar-refractivity contribution is 0.0689. The molecule has 1 aromatic heterocycles. The van der Waals surface area contributed by atoms with E-state index in [1.807, 2.05) is 0 Å². The third-order valence-electron chi connectivity index (χ3n) is 2.01. The zero-order chi connectivity index (χ0) is 10.8. The van der Waals surface area contributed by atoms with Gasteiger partial charge in [-0.05, 0) is 18.2 Å². The fourth-order valence-electron chi connectivity index (χ4n) is 1.25. The first-order valence-electron chi connectivity index (χ1n) is 4.25. The maximum Gasteiger partial charge on any atom is 0.356 e. The number of carbonyl (C=O) groups is 1. The van der Waals surface area contributed by atoms with E-state index in [1.54, 1.807) is 25.3 Å². The molecule has 0 bridgehead atoms. The third-order valence-corrected chi connectivity index (χ3v) is 2.01. The Hall–Kier alpha value is -2.17. The number of ether oxygens (including phenoxy) is 1. The van der Waals surface area contributed by atoms with Gasteiger partial charge in [0.2, 0.25) is 0 Å². The minimum absolute atomic E-state index is 0.0623. The molecule has 2 aromatic rings. The van der Waals surface area contributed by atoms with Crippen molar-refractivity contribution in [3.05, 3.63) is 30.0 Å².